The number of ketones is 1. The minimum atomic E-state index is 0.212. The lowest BCUT2D eigenvalue weighted by Gasteiger charge is -2.01. The molecular formula is C11H16N2O. The van der Waals surface area contributed by atoms with Gasteiger partial charge in [0, 0.05) is 17.0 Å². The summed E-state index contributed by atoms with van der Waals surface area (Å²) in [5, 5.41) is 2.91. The van der Waals surface area contributed by atoms with E-state index in [9.17, 15) is 4.79 Å². The van der Waals surface area contributed by atoms with Crippen LogP contribution >= 0.6 is 0 Å². The third kappa shape index (κ3) is 1.38. The van der Waals surface area contributed by atoms with E-state index in [2.05, 4.69) is 10.3 Å². The molecule has 14 heavy (non-hydrogen) atoms. The molecule has 0 aliphatic heterocycles. The van der Waals surface area contributed by atoms with E-state index >= 15 is 0 Å². The summed E-state index contributed by atoms with van der Waals surface area (Å²) in [4.78, 5) is 15.1. The van der Waals surface area contributed by atoms with Gasteiger partial charge in [0.1, 0.15) is 0 Å². The van der Waals surface area contributed by atoms with Crippen molar-refractivity contribution in [3.63, 3.8) is 0 Å². The van der Waals surface area contributed by atoms with E-state index in [1.165, 1.54) is 17.7 Å². The maximum Gasteiger partial charge on any atom is 0.178 e. The van der Waals surface area contributed by atoms with E-state index in [-0.39, 0.29) is 5.78 Å². The molecule has 0 saturated heterocycles. The van der Waals surface area contributed by atoms with Gasteiger partial charge in [0.15, 0.2) is 5.78 Å². The van der Waals surface area contributed by atoms with Crippen molar-refractivity contribution in [1.82, 2.24) is 10.3 Å². The molecule has 0 fully saturated rings. The number of aromatic amines is 1. The van der Waals surface area contributed by atoms with Crippen LogP contribution in [-0.2, 0) is 12.8 Å². The molecule has 1 aromatic heterocycles. The summed E-state index contributed by atoms with van der Waals surface area (Å²) in [5.74, 6) is 0.212. The van der Waals surface area contributed by atoms with Crippen LogP contribution in [0.5, 0.6) is 0 Å². The van der Waals surface area contributed by atoms with Gasteiger partial charge in [-0.2, -0.15) is 0 Å². The lowest BCUT2D eigenvalue weighted by Crippen LogP contribution is -2.19. The molecule has 1 aliphatic rings. The van der Waals surface area contributed by atoms with Crippen molar-refractivity contribution in [3.05, 3.63) is 22.5 Å². The number of hydrogen-bond donors (Lipinski definition) is 2. The highest BCUT2D eigenvalue weighted by Gasteiger charge is 2.23. The van der Waals surface area contributed by atoms with Crippen LogP contribution in [0.25, 0.3) is 0 Å². The molecule has 1 aliphatic carbocycles. The van der Waals surface area contributed by atoms with Crippen LogP contribution in [0.1, 0.15) is 33.7 Å². The van der Waals surface area contributed by atoms with Gasteiger partial charge < -0.3 is 10.3 Å². The van der Waals surface area contributed by atoms with Gasteiger partial charge in [0.2, 0.25) is 0 Å². The van der Waals surface area contributed by atoms with E-state index < -0.39 is 0 Å². The number of carbonyl (C=O) groups excluding carboxylic acids is 1. The minimum absolute atomic E-state index is 0.212. The quantitative estimate of drug-likeness (QED) is 0.707. The zero-order valence-electron chi connectivity index (χ0n) is 8.74. The Bertz CT molecular complexity index is 366. The standard InChI is InChI=1S/C11H16N2O/c1-7-11(10(14)6-12-2)8-4-3-5-9(8)13-7/h12-13H,3-6H2,1-2H3. The maximum atomic E-state index is 11.8. The summed E-state index contributed by atoms with van der Waals surface area (Å²) in [6, 6.07) is 0. The largest absolute Gasteiger partial charge is 0.362 e. The smallest absolute Gasteiger partial charge is 0.178 e. The first kappa shape index (κ1) is 9.46. The molecule has 76 valence electrons. The molecule has 0 atom stereocenters. The number of hydrogen-bond acceptors (Lipinski definition) is 2. The Labute approximate surface area is 83.9 Å². The number of likely N-dealkylation sites (N-methyl/N-ethyl adjacent to an activating group) is 1. The van der Waals surface area contributed by atoms with Crippen LogP contribution < -0.4 is 5.32 Å². The normalized spacial score (nSPS) is 14.4. The van der Waals surface area contributed by atoms with Gasteiger partial charge in [-0.3, -0.25) is 4.79 Å². The molecule has 0 radical (unpaired) electrons. The van der Waals surface area contributed by atoms with Crippen LogP contribution in [-0.4, -0.2) is 24.4 Å². The van der Waals surface area contributed by atoms with Crippen LogP contribution in [0, 0.1) is 6.92 Å². The Balaban J connectivity index is 2.37. The number of nitrogens with one attached hydrogen (secondary N) is 2. The Morgan fingerprint density at radius 1 is 1.50 bits per heavy atom. The van der Waals surface area contributed by atoms with Crippen molar-refractivity contribution in [1.29, 1.82) is 0 Å². The number of carbonyl (C=O) groups is 1. The molecule has 0 amide bonds. The first-order chi connectivity index (χ1) is 6.74. The van der Waals surface area contributed by atoms with Crippen molar-refractivity contribution < 1.29 is 4.79 Å². The van der Waals surface area contributed by atoms with Crippen LogP contribution in [0.4, 0.5) is 0 Å². The second kappa shape index (κ2) is 3.58. The number of fused-ring (bicyclic) bond motifs is 1. The number of rotatable bonds is 3. The van der Waals surface area contributed by atoms with Gasteiger partial charge in [0.05, 0.1) is 6.54 Å². The molecule has 0 unspecified atom stereocenters. The van der Waals surface area contributed by atoms with Gasteiger partial charge in [-0.15, -0.1) is 0 Å². The van der Waals surface area contributed by atoms with Crippen molar-refractivity contribution in [2.24, 2.45) is 0 Å². The fraction of sp³-hybridized carbons (Fsp3) is 0.545. The van der Waals surface area contributed by atoms with Crippen molar-refractivity contribution in [3.8, 4) is 0 Å². The van der Waals surface area contributed by atoms with Crippen molar-refractivity contribution >= 4 is 5.78 Å². The second-order valence-electron chi connectivity index (χ2n) is 3.89. The highest BCUT2D eigenvalue weighted by Crippen LogP contribution is 2.27. The summed E-state index contributed by atoms with van der Waals surface area (Å²) < 4.78 is 0. The molecular weight excluding hydrogens is 176 g/mol. The molecule has 0 saturated carbocycles. The number of H-pyrrole nitrogens is 1. The first-order valence-corrected chi connectivity index (χ1v) is 5.12. The summed E-state index contributed by atoms with van der Waals surface area (Å²) in [6.45, 7) is 2.42. The average Bonchev–Trinajstić information content (AvgIpc) is 2.63. The zero-order chi connectivity index (χ0) is 10.1. The van der Waals surface area contributed by atoms with E-state index in [0.29, 0.717) is 6.54 Å². The molecule has 0 bridgehead atoms. The lowest BCUT2D eigenvalue weighted by molar-refractivity contribution is 0.0992. The third-order valence-corrected chi connectivity index (χ3v) is 2.85. The molecule has 2 N–H and O–H groups in total. The molecule has 1 aromatic rings. The van der Waals surface area contributed by atoms with Crippen molar-refractivity contribution in [2.45, 2.75) is 26.2 Å². The van der Waals surface area contributed by atoms with Crippen LogP contribution in [0.3, 0.4) is 0 Å². The summed E-state index contributed by atoms with van der Waals surface area (Å²) in [6.07, 6.45) is 3.34. The SMILES string of the molecule is CNCC(=O)c1c(C)[nH]c2c1CCC2. The molecule has 0 aromatic carbocycles. The number of aryl methyl sites for hydroxylation is 2. The summed E-state index contributed by atoms with van der Waals surface area (Å²) in [7, 11) is 1.81. The highest BCUT2D eigenvalue weighted by molar-refractivity contribution is 6.00. The molecule has 0 spiro atoms. The minimum Gasteiger partial charge on any atom is -0.362 e. The Hall–Kier alpha value is -1.09. The van der Waals surface area contributed by atoms with Gasteiger partial charge >= 0.3 is 0 Å². The number of Topliss-reactive ketones (excluding diaryl/α,β-unsaturated/α-hetero) is 1. The molecule has 3 heteroatoms. The topological polar surface area (TPSA) is 44.9 Å². The Morgan fingerprint density at radius 3 is 3.00 bits per heavy atom. The molecule has 3 nitrogen and oxygen atoms in total. The lowest BCUT2D eigenvalue weighted by atomic mass is 10.0. The fourth-order valence-corrected chi connectivity index (χ4v) is 2.30. The second-order valence-corrected chi connectivity index (χ2v) is 3.89. The Morgan fingerprint density at radius 2 is 2.29 bits per heavy atom. The Kier molecular flexibility index (Phi) is 2.42. The van der Waals surface area contributed by atoms with Gasteiger partial charge in [-0.1, -0.05) is 0 Å². The predicted octanol–water partition coefficient (Wildman–Crippen LogP) is 1.21. The van der Waals surface area contributed by atoms with E-state index in [0.717, 1.165) is 24.1 Å². The van der Waals surface area contributed by atoms with Gasteiger partial charge in [0.25, 0.3) is 0 Å². The van der Waals surface area contributed by atoms with Crippen LogP contribution in [0.2, 0.25) is 0 Å². The van der Waals surface area contributed by atoms with E-state index in [1.54, 1.807) is 7.05 Å². The number of aromatic nitrogens is 1. The molecule has 2 rings (SSSR count). The van der Waals surface area contributed by atoms with Crippen molar-refractivity contribution in [2.75, 3.05) is 13.6 Å². The average molecular weight is 192 g/mol. The summed E-state index contributed by atoms with van der Waals surface area (Å²) in [5.41, 5.74) is 4.52. The molecule has 1 heterocycles. The summed E-state index contributed by atoms with van der Waals surface area (Å²) >= 11 is 0. The monoisotopic (exact) mass is 192 g/mol. The van der Waals surface area contributed by atoms with E-state index in [4.69, 9.17) is 0 Å². The highest BCUT2D eigenvalue weighted by atomic mass is 16.1. The maximum absolute atomic E-state index is 11.8. The fourth-order valence-electron chi connectivity index (χ4n) is 2.30. The third-order valence-electron chi connectivity index (χ3n) is 2.85. The predicted molar refractivity (Wildman–Crippen MR) is 55.8 cm³/mol. The van der Waals surface area contributed by atoms with E-state index in [1.807, 2.05) is 6.92 Å². The zero-order valence-corrected chi connectivity index (χ0v) is 8.74. The van der Waals surface area contributed by atoms with Crippen LogP contribution in [0.15, 0.2) is 0 Å². The van der Waals surface area contributed by atoms with Gasteiger partial charge in [-0.25, -0.2) is 0 Å². The van der Waals surface area contributed by atoms with Gasteiger partial charge in [-0.05, 0) is 38.8 Å². The first-order valence-electron chi connectivity index (χ1n) is 5.12.